The zero-order chi connectivity index (χ0) is 9.38. The fourth-order valence-electron chi connectivity index (χ4n) is 2.56. The maximum absolute atomic E-state index is 4.08. The second kappa shape index (κ2) is 4.74. The standard InChI is InChI=1S/C9H14N4S.ClH/c1-7-3-13(4-8(7)2-10-1)5-9-6-14-12-11-9;/h6-8,10H,1-5H2;1H/t7-,8+;. The molecule has 4 nitrogen and oxygen atoms in total. The quantitative estimate of drug-likeness (QED) is 0.831. The number of nitrogens with zero attached hydrogens (tertiary/aromatic N) is 3. The summed E-state index contributed by atoms with van der Waals surface area (Å²) in [6.07, 6.45) is 0. The molecule has 0 amide bonds. The molecule has 0 aromatic carbocycles. The van der Waals surface area contributed by atoms with E-state index in [0.29, 0.717) is 0 Å². The van der Waals surface area contributed by atoms with Gasteiger partial charge in [0.2, 0.25) is 0 Å². The van der Waals surface area contributed by atoms with Crippen LogP contribution in [0.5, 0.6) is 0 Å². The van der Waals surface area contributed by atoms with Crippen LogP contribution in [-0.4, -0.2) is 40.7 Å². The Kier molecular flexibility index (Phi) is 3.56. The van der Waals surface area contributed by atoms with E-state index >= 15 is 0 Å². The van der Waals surface area contributed by atoms with Gasteiger partial charge in [0.15, 0.2) is 0 Å². The summed E-state index contributed by atoms with van der Waals surface area (Å²) in [5.74, 6) is 1.75. The van der Waals surface area contributed by atoms with Gasteiger partial charge in [-0.2, -0.15) is 0 Å². The molecule has 1 N–H and O–H groups in total. The lowest BCUT2D eigenvalue weighted by molar-refractivity contribution is 0.302. The van der Waals surface area contributed by atoms with Crippen molar-refractivity contribution in [2.24, 2.45) is 11.8 Å². The van der Waals surface area contributed by atoms with E-state index in [4.69, 9.17) is 0 Å². The molecule has 1 aromatic heterocycles. The minimum absolute atomic E-state index is 0. The molecule has 6 heteroatoms. The van der Waals surface area contributed by atoms with Crippen LogP contribution in [0.4, 0.5) is 0 Å². The van der Waals surface area contributed by atoms with Crippen molar-refractivity contribution in [1.29, 1.82) is 0 Å². The van der Waals surface area contributed by atoms with Gasteiger partial charge in [-0.05, 0) is 36.5 Å². The van der Waals surface area contributed by atoms with Crippen LogP contribution < -0.4 is 5.32 Å². The summed E-state index contributed by atoms with van der Waals surface area (Å²) in [7, 11) is 0. The largest absolute Gasteiger partial charge is 0.316 e. The molecular formula is C9H15ClN4S. The number of fused-ring (bicyclic) bond motifs is 1. The highest BCUT2D eigenvalue weighted by Gasteiger charge is 2.35. The predicted octanol–water partition coefficient (Wildman–Crippen LogP) is 0.611. The van der Waals surface area contributed by atoms with Crippen molar-refractivity contribution in [1.82, 2.24) is 19.8 Å². The summed E-state index contributed by atoms with van der Waals surface area (Å²) >= 11 is 1.44. The lowest BCUT2D eigenvalue weighted by Crippen LogP contribution is -2.25. The summed E-state index contributed by atoms with van der Waals surface area (Å²) < 4.78 is 3.89. The Balaban J connectivity index is 0.000000853. The van der Waals surface area contributed by atoms with Crippen LogP contribution in [0.25, 0.3) is 0 Å². The second-order valence-corrected chi connectivity index (χ2v) is 4.88. The average Bonchev–Trinajstić information content (AvgIpc) is 2.78. The number of hydrogen-bond donors (Lipinski definition) is 1. The topological polar surface area (TPSA) is 41.1 Å². The molecule has 2 aliphatic rings. The van der Waals surface area contributed by atoms with E-state index in [0.717, 1.165) is 24.1 Å². The molecule has 2 atom stereocenters. The number of nitrogens with one attached hydrogen (secondary N) is 1. The zero-order valence-corrected chi connectivity index (χ0v) is 10.1. The fourth-order valence-corrected chi connectivity index (χ4v) is 3.01. The summed E-state index contributed by atoms with van der Waals surface area (Å²) in [5, 5.41) is 9.58. The maximum atomic E-state index is 4.08. The minimum atomic E-state index is 0. The number of aromatic nitrogens is 2. The van der Waals surface area contributed by atoms with Crippen LogP contribution in [0.15, 0.2) is 5.38 Å². The monoisotopic (exact) mass is 246 g/mol. The predicted molar refractivity (Wildman–Crippen MR) is 62.3 cm³/mol. The summed E-state index contributed by atoms with van der Waals surface area (Å²) in [6, 6.07) is 0. The molecule has 3 rings (SSSR count). The van der Waals surface area contributed by atoms with E-state index in [1.54, 1.807) is 0 Å². The van der Waals surface area contributed by atoms with Gasteiger partial charge < -0.3 is 5.32 Å². The first-order valence-corrected chi connectivity index (χ1v) is 5.94. The van der Waals surface area contributed by atoms with Crippen molar-refractivity contribution in [3.63, 3.8) is 0 Å². The normalized spacial score (nSPS) is 30.1. The van der Waals surface area contributed by atoms with E-state index in [9.17, 15) is 0 Å². The van der Waals surface area contributed by atoms with Crippen molar-refractivity contribution in [3.8, 4) is 0 Å². The van der Waals surface area contributed by atoms with Crippen molar-refractivity contribution < 1.29 is 0 Å². The highest BCUT2D eigenvalue weighted by Crippen LogP contribution is 2.27. The number of rotatable bonds is 2. The fraction of sp³-hybridized carbons (Fsp3) is 0.778. The smallest absolute Gasteiger partial charge is 0.0895 e. The van der Waals surface area contributed by atoms with Crippen molar-refractivity contribution >= 4 is 23.9 Å². The SMILES string of the molecule is Cl.c1snnc1CN1C[C@H]2CNC[C@H]2C1. The van der Waals surface area contributed by atoms with Gasteiger partial charge in [-0.1, -0.05) is 4.49 Å². The van der Waals surface area contributed by atoms with Gasteiger partial charge in [-0.3, -0.25) is 4.90 Å². The number of halogens is 1. The van der Waals surface area contributed by atoms with Crippen LogP contribution in [0.3, 0.4) is 0 Å². The Labute approximate surface area is 99.6 Å². The molecule has 2 saturated heterocycles. The second-order valence-electron chi connectivity index (χ2n) is 4.27. The summed E-state index contributed by atoms with van der Waals surface area (Å²) in [4.78, 5) is 2.51. The van der Waals surface area contributed by atoms with Gasteiger partial charge in [0, 0.05) is 25.0 Å². The third kappa shape index (κ3) is 2.30. The molecule has 2 aliphatic heterocycles. The van der Waals surface area contributed by atoms with Crippen molar-refractivity contribution in [2.45, 2.75) is 6.54 Å². The highest BCUT2D eigenvalue weighted by atomic mass is 35.5. The Morgan fingerprint density at radius 2 is 2.13 bits per heavy atom. The van der Waals surface area contributed by atoms with Gasteiger partial charge in [0.25, 0.3) is 0 Å². The van der Waals surface area contributed by atoms with Gasteiger partial charge in [0.1, 0.15) is 0 Å². The highest BCUT2D eigenvalue weighted by molar-refractivity contribution is 7.03. The van der Waals surface area contributed by atoms with Crippen LogP contribution in [-0.2, 0) is 6.54 Å². The van der Waals surface area contributed by atoms with E-state index < -0.39 is 0 Å². The molecule has 0 aliphatic carbocycles. The van der Waals surface area contributed by atoms with Gasteiger partial charge >= 0.3 is 0 Å². The molecular weight excluding hydrogens is 232 g/mol. The van der Waals surface area contributed by atoms with E-state index in [1.165, 1.54) is 37.7 Å². The van der Waals surface area contributed by atoms with Crippen molar-refractivity contribution in [3.05, 3.63) is 11.1 Å². The summed E-state index contributed by atoms with van der Waals surface area (Å²) in [5.41, 5.74) is 1.13. The Hall–Kier alpha value is -0.230. The van der Waals surface area contributed by atoms with Gasteiger partial charge in [0.05, 0.1) is 5.69 Å². The maximum Gasteiger partial charge on any atom is 0.0895 e. The molecule has 0 radical (unpaired) electrons. The molecule has 0 spiro atoms. The first-order valence-electron chi connectivity index (χ1n) is 5.11. The molecule has 0 saturated carbocycles. The Morgan fingerprint density at radius 3 is 2.73 bits per heavy atom. The van der Waals surface area contributed by atoms with Crippen LogP contribution in [0.2, 0.25) is 0 Å². The number of hydrogen-bond acceptors (Lipinski definition) is 5. The number of likely N-dealkylation sites (tertiary alicyclic amines) is 1. The van der Waals surface area contributed by atoms with Gasteiger partial charge in [-0.15, -0.1) is 17.5 Å². The van der Waals surface area contributed by atoms with Gasteiger partial charge in [-0.25, -0.2) is 0 Å². The molecule has 0 unspecified atom stereocenters. The average molecular weight is 247 g/mol. The van der Waals surface area contributed by atoms with Crippen LogP contribution in [0, 0.1) is 11.8 Å². The molecule has 2 fully saturated rings. The minimum Gasteiger partial charge on any atom is -0.316 e. The van der Waals surface area contributed by atoms with Crippen molar-refractivity contribution in [2.75, 3.05) is 26.2 Å². The first kappa shape index (κ1) is 11.3. The van der Waals surface area contributed by atoms with Crippen LogP contribution in [0.1, 0.15) is 5.69 Å². The Bertz CT molecular complexity index is 293. The molecule has 1 aromatic rings. The molecule has 84 valence electrons. The van der Waals surface area contributed by atoms with E-state index in [-0.39, 0.29) is 12.4 Å². The first-order chi connectivity index (χ1) is 6.92. The lowest BCUT2D eigenvalue weighted by atomic mass is 10.0. The lowest BCUT2D eigenvalue weighted by Gasteiger charge is -2.14. The molecule has 3 heterocycles. The third-order valence-corrected chi connectivity index (χ3v) is 3.81. The van der Waals surface area contributed by atoms with E-state index in [1.807, 2.05) is 5.38 Å². The Morgan fingerprint density at radius 1 is 1.40 bits per heavy atom. The third-order valence-electron chi connectivity index (χ3n) is 3.26. The van der Waals surface area contributed by atoms with E-state index in [2.05, 4.69) is 19.8 Å². The molecule has 0 bridgehead atoms. The van der Waals surface area contributed by atoms with Crippen LogP contribution >= 0.6 is 23.9 Å². The molecule has 15 heavy (non-hydrogen) atoms. The zero-order valence-electron chi connectivity index (χ0n) is 8.43. The summed E-state index contributed by atoms with van der Waals surface area (Å²) in [6.45, 7) is 5.86.